The summed E-state index contributed by atoms with van der Waals surface area (Å²) in [7, 11) is 0. The van der Waals surface area contributed by atoms with E-state index in [1.807, 2.05) is 5.38 Å². The first-order valence-electron chi connectivity index (χ1n) is 11.4. The third-order valence-electron chi connectivity index (χ3n) is 5.85. The lowest BCUT2D eigenvalue weighted by atomic mass is 10.00. The highest BCUT2D eigenvalue weighted by molar-refractivity contribution is 7.12. The molecule has 0 aliphatic carbocycles. The van der Waals surface area contributed by atoms with Crippen molar-refractivity contribution in [3.63, 3.8) is 0 Å². The van der Waals surface area contributed by atoms with Crippen LogP contribution in [0, 0.1) is 5.82 Å². The number of nitrogens with one attached hydrogen (secondary N) is 2. The normalized spacial score (nSPS) is 16.9. The molecular formula is C27H22FN3O5S. The number of rotatable bonds is 8. The molecule has 2 aromatic heterocycles. The van der Waals surface area contributed by atoms with Gasteiger partial charge in [-0.15, -0.1) is 11.3 Å². The molecule has 37 heavy (non-hydrogen) atoms. The van der Waals surface area contributed by atoms with Crippen molar-refractivity contribution >= 4 is 34.9 Å². The molecule has 1 saturated heterocycles. The second-order valence-electron chi connectivity index (χ2n) is 8.36. The molecule has 1 fully saturated rings. The van der Waals surface area contributed by atoms with Crippen molar-refractivity contribution < 1.29 is 27.9 Å². The highest BCUT2D eigenvalue weighted by atomic mass is 32.1. The van der Waals surface area contributed by atoms with E-state index in [1.54, 1.807) is 60.7 Å². The first-order valence-corrected chi connectivity index (χ1v) is 12.3. The number of amides is 3. The van der Waals surface area contributed by atoms with Crippen molar-refractivity contribution in [2.75, 3.05) is 5.32 Å². The van der Waals surface area contributed by atoms with Gasteiger partial charge in [0.1, 0.15) is 11.6 Å². The van der Waals surface area contributed by atoms with Gasteiger partial charge in [0, 0.05) is 5.69 Å². The highest BCUT2D eigenvalue weighted by Gasteiger charge is 2.47. The van der Waals surface area contributed by atoms with E-state index in [0.29, 0.717) is 27.5 Å². The Morgan fingerprint density at radius 1 is 1.03 bits per heavy atom. The van der Waals surface area contributed by atoms with Crippen LogP contribution in [0.25, 0.3) is 0 Å². The van der Waals surface area contributed by atoms with Gasteiger partial charge < -0.3 is 19.8 Å². The average Bonchev–Trinajstić information content (AvgIpc) is 3.66. The van der Waals surface area contributed by atoms with Crippen LogP contribution in [0.2, 0.25) is 0 Å². The van der Waals surface area contributed by atoms with Crippen LogP contribution < -0.4 is 10.6 Å². The zero-order chi connectivity index (χ0) is 25.8. The Bertz CT molecular complexity index is 1390. The predicted molar refractivity (Wildman–Crippen MR) is 134 cm³/mol. The maximum atomic E-state index is 13.8. The van der Waals surface area contributed by atoms with Crippen molar-refractivity contribution in [3.05, 3.63) is 112 Å². The first kappa shape index (κ1) is 24.3. The van der Waals surface area contributed by atoms with E-state index in [0.717, 1.165) is 0 Å². The van der Waals surface area contributed by atoms with Crippen LogP contribution in [0.15, 0.2) is 88.9 Å². The molecule has 3 heterocycles. The van der Waals surface area contributed by atoms with E-state index in [4.69, 9.17) is 9.15 Å². The molecule has 0 spiro atoms. The molecule has 2 aromatic carbocycles. The molecule has 2 atom stereocenters. The van der Waals surface area contributed by atoms with Gasteiger partial charge >= 0.3 is 6.09 Å². The zero-order valence-corrected chi connectivity index (χ0v) is 20.2. The number of thiophene rings is 1. The number of hydrogen-bond donors (Lipinski definition) is 2. The molecule has 4 aromatic rings. The van der Waals surface area contributed by atoms with Gasteiger partial charge in [0.05, 0.1) is 24.2 Å². The number of carbonyl (C=O) groups is 3. The maximum Gasteiger partial charge on any atom is 0.411 e. The number of furan rings is 1. The van der Waals surface area contributed by atoms with Crippen LogP contribution in [-0.4, -0.2) is 28.8 Å². The summed E-state index contributed by atoms with van der Waals surface area (Å²) in [6.45, 7) is 0.117. The summed E-state index contributed by atoms with van der Waals surface area (Å²) in [6, 6.07) is 18.5. The van der Waals surface area contributed by atoms with Crippen LogP contribution in [0.5, 0.6) is 0 Å². The molecule has 5 rings (SSSR count). The fourth-order valence-corrected chi connectivity index (χ4v) is 4.71. The fraction of sp³-hybridized carbons (Fsp3) is 0.148. The van der Waals surface area contributed by atoms with Gasteiger partial charge in [-0.3, -0.25) is 14.5 Å². The second kappa shape index (κ2) is 10.7. The van der Waals surface area contributed by atoms with Crippen LogP contribution in [-0.2, 0) is 22.6 Å². The number of halogens is 1. The van der Waals surface area contributed by atoms with Gasteiger partial charge in [-0.1, -0.05) is 30.3 Å². The lowest BCUT2D eigenvalue weighted by Crippen LogP contribution is -2.46. The molecule has 0 saturated carbocycles. The lowest BCUT2D eigenvalue weighted by molar-refractivity contribution is -0.126. The van der Waals surface area contributed by atoms with Crippen molar-refractivity contribution in [2.24, 2.45) is 0 Å². The molecule has 0 radical (unpaired) electrons. The number of anilines is 1. The van der Waals surface area contributed by atoms with E-state index < -0.39 is 30.0 Å². The summed E-state index contributed by atoms with van der Waals surface area (Å²) in [6.07, 6.45) is -0.108. The average molecular weight is 520 g/mol. The van der Waals surface area contributed by atoms with Crippen molar-refractivity contribution in [2.45, 2.75) is 25.2 Å². The molecule has 2 N–H and O–H groups in total. The van der Waals surface area contributed by atoms with Gasteiger partial charge in [-0.2, -0.15) is 0 Å². The Morgan fingerprint density at radius 2 is 1.86 bits per heavy atom. The van der Waals surface area contributed by atoms with Gasteiger partial charge in [0.2, 0.25) is 5.91 Å². The van der Waals surface area contributed by atoms with Gasteiger partial charge in [-0.25, -0.2) is 9.18 Å². The molecule has 3 amide bonds. The quantitative estimate of drug-likeness (QED) is 0.337. The molecule has 1 aliphatic rings. The van der Waals surface area contributed by atoms with E-state index in [9.17, 15) is 18.8 Å². The highest BCUT2D eigenvalue weighted by Crippen LogP contribution is 2.34. The monoisotopic (exact) mass is 519 g/mol. The van der Waals surface area contributed by atoms with E-state index in [-0.39, 0.29) is 19.0 Å². The molecule has 8 nitrogen and oxygen atoms in total. The SMILES string of the molecule is O=C(Nc1ccc(C2OC(=O)N(Cc3cccc(F)c3)C2C(=O)NCc2ccco2)cc1)c1cccs1. The number of nitrogens with zero attached hydrogens (tertiary/aromatic N) is 1. The van der Waals surface area contributed by atoms with Crippen LogP contribution >= 0.6 is 11.3 Å². The van der Waals surface area contributed by atoms with E-state index in [2.05, 4.69) is 10.6 Å². The van der Waals surface area contributed by atoms with Crippen molar-refractivity contribution in [1.82, 2.24) is 10.2 Å². The summed E-state index contributed by atoms with van der Waals surface area (Å²) >= 11 is 1.33. The Balaban J connectivity index is 1.37. The van der Waals surface area contributed by atoms with Gasteiger partial charge in [0.25, 0.3) is 5.91 Å². The van der Waals surface area contributed by atoms with Crippen molar-refractivity contribution in [3.8, 4) is 0 Å². The Morgan fingerprint density at radius 3 is 2.57 bits per heavy atom. The van der Waals surface area contributed by atoms with Crippen LogP contribution in [0.3, 0.4) is 0 Å². The Hall–Kier alpha value is -4.44. The molecule has 1 aliphatic heterocycles. The third kappa shape index (κ3) is 5.54. The third-order valence-corrected chi connectivity index (χ3v) is 6.72. The first-order chi connectivity index (χ1) is 18.0. The minimum absolute atomic E-state index is 0.0130. The largest absolute Gasteiger partial charge is 0.467 e. The fourth-order valence-electron chi connectivity index (χ4n) is 4.09. The van der Waals surface area contributed by atoms with Crippen LogP contribution in [0.1, 0.15) is 32.7 Å². The summed E-state index contributed by atoms with van der Waals surface area (Å²) in [5, 5.41) is 7.43. The number of cyclic esters (lactones) is 1. The summed E-state index contributed by atoms with van der Waals surface area (Å²) in [4.78, 5) is 40.4. The van der Waals surface area contributed by atoms with E-state index in [1.165, 1.54) is 34.6 Å². The standard InChI is InChI=1S/C27H22FN3O5S/c28-19-5-1-4-17(14-19)16-31-23(26(33)29-15-21-6-2-12-35-21)24(36-27(31)34)18-8-10-20(11-9-18)30-25(32)22-7-3-13-37-22/h1-14,23-24H,15-16H2,(H,29,33)(H,30,32). The topological polar surface area (TPSA) is 101 Å². The van der Waals surface area contributed by atoms with Gasteiger partial charge in [0.15, 0.2) is 12.1 Å². The summed E-state index contributed by atoms with van der Waals surface area (Å²) < 4.78 is 24.7. The minimum Gasteiger partial charge on any atom is -0.467 e. The van der Waals surface area contributed by atoms with Gasteiger partial charge in [-0.05, 0) is 59.0 Å². The smallest absolute Gasteiger partial charge is 0.411 e. The van der Waals surface area contributed by atoms with E-state index >= 15 is 0 Å². The maximum absolute atomic E-state index is 13.8. The predicted octanol–water partition coefficient (Wildman–Crippen LogP) is 5.11. The molecule has 10 heteroatoms. The summed E-state index contributed by atoms with van der Waals surface area (Å²) in [5.41, 5.74) is 1.65. The Labute approximate surface area is 215 Å². The second-order valence-corrected chi connectivity index (χ2v) is 9.31. The molecule has 2 unspecified atom stereocenters. The Kier molecular flexibility index (Phi) is 7.00. The lowest BCUT2D eigenvalue weighted by Gasteiger charge is -2.24. The molecular weight excluding hydrogens is 497 g/mol. The molecule has 0 bridgehead atoms. The minimum atomic E-state index is -1.02. The number of hydrogen-bond acceptors (Lipinski definition) is 6. The number of carbonyl (C=O) groups excluding carboxylic acids is 3. The number of ether oxygens (including phenoxy) is 1. The zero-order valence-electron chi connectivity index (χ0n) is 19.4. The van der Waals surface area contributed by atoms with Crippen molar-refractivity contribution in [1.29, 1.82) is 0 Å². The number of benzene rings is 2. The van der Waals surface area contributed by atoms with Crippen LogP contribution in [0.4, 0.5) is 14.9 Å². The summed E-state index contributed by atoms with van der Waals surface area (Å²) in [5.74, 6) is -0.566. The molecule has 188 valence electrons.